The second kappa shape index (κ2) is 5.47. The molecule has 0 aromatic carbocycles. The number of aromatic nitrogens is 1. The van der Waals surface area contributed by atoms with E-state index in [0.717, 1.165) is 25.7 Å². The number of hydrogen-bond donors (Lipinski definition) is 2. The van der Waals surface area contributed by atoms with E-state index in [-0.39, 0.29) is 29.2 Å². The van der Waals surface area contributed by atoms with Crippen LogP contribution in [0.2, 0.25) is 0 Å². The van der Waals surface area contributed by atoms with Crippen LogP contribution in [0.1, 0.15) is 65.4 Å². The predicted molar refractivity (Wildman–Crippen MR) is 78.6 cm³/mol. The van der Waals surface area contributed by atoms with Crippen molar-refractivity contribution in [3.05, 3.63) is 33.2 Å². The zero-order chi connectivity index (χ0) is 15.0. The number of hydrogen-bond acceptors (Lipinski definition) is 3. The third kappa shape index (κ3) is 2.77. The highest BCUT2D eigenvalue weighted by Gasteiger charge is 2.26. The van der Waals surface area contributed by atoms with Crippen molar-refractivity contribution in [2.75, 3.05) is 0 Å². The normalized spacial score (nSPS) is 22.1. The summed E-state index contributed by atoms with van der Waals surface area (Å²) < 4.78 is 0. The highest BCUT2D eigenvalue weighted by atomic mass is 16.2. The number of fused-ring (bicyclic) bond motifs is 1. The van der Waals surface area contributed by atoms with E-state index in [9.17, 15) is 14.4 Å². The third-order valence-electron chi connectivity index (χ3n) is 4.44. The van der Waals surface area contributed by atoms with Gasteiger partial charge in [-0.25, -0.2) is 0 Å². The Kier molecular flexibility index (Phi) is 3.66. The number of H-pyrrole nitrogens is 1. The minimum atomic E-state index is -0.397. The predicted octanol–water partition coefficient (Wildman–Crippen LogP) is 1.81. The molecule has 0 spiro atoms. The summed E-state index contributed by atoms with van der Waals surface area (Å²) in [6.45, 7) is 1.99. The van der Waals surface area contributed by atoms with E-state index < -0.39 is 5.56 Å². The number of aromatic amines is 1. The van der Waals surface area contributed by atoms with Gasteiger partial charge in [0.05, 0.1) is 0 Å². The van der Waals surface area contributed by atoms with Gasteiger partial charge in [0.2, 0.25) is 0 Å². The van der Waals surface area contributed by atoms with Crippen molar-refractivity contribution in [3.63, 3.8) is 0 Å². The number of pyridine rings is 1. The molecule has 5 nitrogen and oxygen atoms in total. The molecule has 2 aliphatic carbocycles. The standard InChI is InChI=1S/C16H20N2O3/c1-9-6-13-11(14(19)7-9)8-12(16(21)18-13)15(20)17-10-4-2-3-5-10/h8-10H,2-7H2,1H3,(H,17,20)(H,18,21)/t9-/m1/s1. The first-order valence-corrected chi connectivity index (χ1v) is 7.65. The fourth-order valence-corrected chi connectivity index (χ4v) is 3.33. The number of nitrogens with one attached hydrogen (secondary N) is 2. The molecule has 2 N–H and O–H groups in total. The molecule has 1 amide bonds. The quantitative estimate of drug-likeness (QED) is 0.871. The van der Waals surface area contributed by atoms with Crippen LogP contribution in [0.15, 0.2) is 10.9 Å². The van der Waals surface area contributed by atoms with Crippen molar-refractivity contribution >= 4 is 11.7 Å². The Hall–Kier alpha value is -1.91. The molecular formula is C16H20N2O3. The molecule has 1 atom stereocenters. The number of rotatable bonds is 2. The Morgan fingerprint density at radius 3 is 2.67 bits per heavy atom. The van der Waals surface area contributed by atoms with Crippen LogP contribution in [0.4, 0.5) is 0 Å². The molecule has 1 heterocycles. The lowest BCUT2D eigenvalue weighted by atomic mass is 9.86. The summed E-state index contributed by atoms with van der Waals surface area (Å²) >= 11 is 0. The van der Waals surface area contributed by atoms with Gasteiger partial charge in [0.15, 0.2) is 5.78 Å². The minimum absolute atomic E-state index is 0.00918. The van der Waals surface area contributed by atoms with Gasteiger partial charge in [-0.3, -0.25) is 14.4 Å². The monoisotopic (exact) mass is 288 g/mol. The van der Waals surface area contributed by atoms with Gasteiger partial charge >= 0.3 is 0 Å². The number of carbonyl (C=O) groups is 2. The van der Waals surface area contributed by atoms with Gasteiger partial charge in [-0.15, -0.1) is 0 Å². The number of ketones is 1. The third-order valence-corrected chi connectivity index (χ3v) is 4.44. The van der Waals surface area contributed by atoms with Crippen molar-refractivity contribution in [1.29, 1.82) is 0 Å². The summed E-state index contributed by atoms with van der Waals surface area (Å²) in [6.07, 6.45) is 5.31. The lowest BCUT2D eigenvalue weighted by molar-refractivity contribution is 0.0936. The van der Waals surface area contributed by atoms with Crippen LogP contribution < -0.4 is 10.9 Å². The highest BCUT2D eigenvalue weighted by molar-refractivity contribution is 6.01. The number of Topliss-reactive ketones (excluding diaryl/α,β-unsaturated/α-hetero) is 1. The fraction of sp³-hybridized carbons (Fsp3) is 0.562. The van der Waals surface area contributed by atoms with Crippen molar-refractivity contribution in [2.45, 2.75) is 51.5 Å². The van der Waals surface area contributed by atoms with Gasteiger partial charge in [0, 0.05) is 23.7 Å². The zero-order valence-electron chi connectivity index (χ0n) is 12.2. The molecule has 0 aliphatic heterocycles. The Bertz CT molecular complexity index is 641. The molecule has 0 bridgehead atoms. The average Bonchev–Trinajstić information content (AvgIpc) is 2.90. The lowest BCUT2D eigenvalue weighted by Gasteiger charge is -2.20. The average molecular weight is 288 g/mol. The van der Waals surface area contributed by atoms with Crippen molar-refractivity contribution in [3.8, 4) is 0 Å². The molecule has 112 valence electrons. The van der Waals surface area contributed by atoms with E-state index in [1.807, 2.05) is 6.92 Å². The molecule has 2 aliphatic rings. The van der Waals surface area contributed by atoms with E-state index in [0.29, 0.717) is 24.1 Å². The minimum Gasteiger partial charge on any atom is -0.349 e. The maximum Gasteiger partial charge on any atom is 0.261 e. The van der Waals surface area contributed by atoms with Gasteiger partial charge < -0.3 is 10.3 Å². The Morgan fingerprint density at radius 1 is 1.24 bits per heavy atom. The zero-order valence-corrected chi connectivity index (χ0v) is 12.2. The van der Waals surface area contributed by atoms with Crippen LogP contribution in [0.3, 0.4) is 0 Å². The number of carbonyl (C=O) groups excluding carboxylic acids is 2. The molecule has 1 aromatic heterocycles. The largest absolute Gasteiger partial charge is 0.349 e. The molecule has 1 aromatic rings. The van der Waals surface area contributed by atoms with E-state index >= 15 is 0 Å². The fourth-order valence-electron chi connectivity index (χ4n) is 3.33. The molecule has 3 rings (SSSR count). The van der Waals surface area contributed by atoms with Crippen LogP contribution in [-0.2, 0) is 6.42 Å². The molecule has 1 fully saturated rings. The smallest absolute Gasteiger partial charge is 0.261 e. The van der Waals surface area contributed by atoms with Crippen LogP contribution in [-0.4, -0.2) is 22.7 Å². The molecule has 1 saturated carbocycles. The highest BCUT2D eigenvalue weighted by Crippen LogP contribution is 2.23. The molecular weight excluding hydrogens is 268 g/mol. The summed E-state index contributed by atoms with van der Waals surface area (Å²) in [7, 11) is 0. The van der Waals surface area contributed by atoms with Gasteiger partial charge in [-0.2, -0.15) is 0 Å². The molecule has 5 heteroatoms. The molecule has 0 saturated heterocycles. The van der Waals surface area contributed by atoms with Gasteiger partial charge in [0.25, 0.3) is 11.5 Å². The second-order valence-electron chi connectivity index (χ2n) is 6.30. The Balaban J connectivity index is 1.89. The van der Waals surface area contributed by atoms with E-state index in [4.69, 9.17) is 0 Å². The lowest BCUT2D eigenvalue weighted by Crippen LogP contribution is -2.37. The SMILES string of the molecule is C[C@H]1CC(=O)c2cc(C(=O)NC3CCCC3)c(=O)[nH]c2C1. The summed E-state index contributed by atoms with van der Waals surface area (Å²) in [5.41, 5.74) is 0.833. The van der Waals surface area contributed by atoms with Crippen molar-refractivity contribution < 1.29 is 9.59 Å². The second-order valence-corrected chi connectivity index (χ2v) is 6.30. The van der Waals surface area contributed by atoms with Crippen LogP contribution in [0.25, 0.3) is 0 Å². The number of amides is 1. The molecule has 0 unspecified atom stereocenters. The summed E-state index contributed by atoms with van der Waals surface area (Å²) in [4.78, 5) is 39.1. The first-order valence-electron chi connectivity index (χ1n) is 7.65. The summed E-state index contributed by atoms with van der Waals surface area (Å²) in [5.74, 6) is -0.119. The first kappa shape index (κ1) is 14.0. The maximum atomic E-state index is 12.2. The molecule has 0 radical (unpaired) electrons. The van der Waals surface area contributed by atoms with E-state index in [2.05, 4.69) is 10.3 Å². The maximum absolute atomic E-state index is 12.2. The Labute approximate surface area is 123 Å². The van der Waals surface area contributed by atoms with Crippen molar-refractivity contribution in [2.24, 2.45) is 5.92 Å². The van der Waals surface area contributed by atoms with E-state index in [1.54, 1.807) is 0 Å². The van der Waals surface area contributed by atoms with Crippen LogP contribution >= 0.6 is 0 Å². The van der Waals surface area contributed by atoms with Crippen LogP contribution in [0.5, 0.6) is 0 Å². The van der Waals surface area contributed by atoms with Crippen molar-refractivity contribution in [1.82, 2.24) is 10.3 Å². The van der Waals surface area contributed by atoms with Gasteiger partial charge in [-0.1, -0.05) is 19.8 Å². The van der Waals surface area contributed by atoms with E-state index in [1.165, 1.54) is 6.07 Å². The van der Waals surface area contributed by atoms with Crippen LogP contribution in [0, 0.1) is 5.92 Å². The van der Waals surface area contributed by atoms with Gasteiger partial charge in [0.1, 0.15) is 5.56 Å². The summed E-state index contributed by atoms with van der Waals surface area (Å²) in [6, 6.07) is 1.63. The topological polar surface area (TPSA) is 79.0 Å². The molecule has 21 heavy (non-hydrogen) atoms. The van der Waals surface area contributed by atoms with Gasteiger partial charge in [-0.05, 0) is 31.2 Å². The Morgan fingerprint density at radius 2 is 1.95 bits per heavy atom. The summed E-state index contributed by atoms with van der Waals surface area (Å²) in [5, 5.41) is 2.90. The first-order chi connectivity index (χ1) is 10.0.